The van der Waals surface area contributed by atoms with Gasteiger partial charge in [0.2, 0.25) is 0 Å². The number of H-pyrrole nitrogens is 1. The number of ether oxygens (including phenoxy) is 1. The van der Waals surface area contributed by atoms with Gasteiger partial charge < -0.3 is 15.0 Å². The fraction of sp³-hybridized carbons (Fsp3) is 0.286. The smallest absolute Gasteiger partial charge is 0.142 e. The number of nitrogens with zero attached hydrogens (tertiary/aromatic N) is 4. The Morgan fingerprint density at radius 1 is 1.10 bits per heavy atom. The first-order valence-electron chi connectivity index (χ1n) is 9.69. The van der Waals surface area contributed by atoms with Gasteiger partial charge in [-0.05, 0) is 41.4 Å². The standard InChI is InChI=1S/C21H26N6OSi/c1-29(2,3)9-8-28-14-27-19(16-12-25-26-13-16)11-18-17(5-7-24-21(18)27)15-4-6-23-20(22)10-15/h4-7,10-13H,8-9,14H2,1-3H3,(H2,22,23)(H,25,26). The highest BCUT2D eigenvalue weighted by Gasteiger charge is 2.17. The van der Waals surface area contributed by atoms with Crippen LogP contribution in [0.4, 0.5) is 5.82 Å². The minimum absolute atomic E-state index is 0.448. The third-order valence-electron chi connectivity index (χ3n) is 4.90. The predicted octanol–water partition coefficient (Wildman–Crippen LogP) is 4.38. The van der Waals surface area contributed by atoms with E-state index < -0.39 is 8.07 Å². The maximum absolute atomic E-state index is 6.06. The summed E-state index contributed by atoms with van der Waals surface area (Å²) in [6.07, 6.45) is 7.25. The van der Waals surface area contributed by atoms with E-state index in [0.717, 1.165) is 46.1 Å². The van der Waals surface area contributed by atoms with Crippen LogP contribution in [0, 0.1) is 0 Å². The zero-order valence-corrected chi connectivity index (χ0v) is 18.0. The van der Waals surface area contributed by atoms with E-state index in [2.05, 4.69) is 50.4 Å². The van der Waals surface area contributed by atoms with Gasteiger partial charge in [0.25, 0.3) is 0 Å². The molecular weight excluding hydrogens is 380 g/mol. The van der Waals surface area contributed by atoms with Crippen molar-refractivity contribution >= 4 is 24.9 Å². The molecule has 0 saturated carbocycles. The van der Waals surface area contributed by atoms with E-state index in [-0.39, 0.29) is 0 Å². The Kier molecular flexibility index (Phi) is 5.21. The molecule has 4 heterocycles. The molecule has 0 amide bonds. The van der Waals surface area contributed by atoms with Crippen LogP contribution in [0.1, 0.15) is 0 Å². The van der Waals surface area contributed by atoms with Crippen LogP contribution in [0.25, 0.3) is 33.4 Å². The second-order valence-corrected chi connectivity index (χ2v) is 14.0. The summed E-state index contributed by atoms with van der Waals surface area (Å²) in [7, 11) is -1.14. The molecule has 0 aliphatic carbocycles. The SMILES string of the molecule is C[Si](C)(C)CCOCn1c(-c2cn[nH]c2)cc2c(-c3ccnc(N)c3)ccnc21. The van der Waals surface area contributed by atoms with Crippen LogP contribution < -0.4 is 5.73 Å². The molecule has 7 nitrogen and oxygen atoms in total. The number of anilines is 1. The average Bonchev–Trinajstić information content (AvgIpc) is 3.32. The number of rotatable bonds is 7. The molecule has 0 aliphatic rings. The van der Waals surface area contributed by atoms with E-state index in [1.54, 1.807) is 6.20 Å². The Morgan fingerprint density at radius 3 is 2.66 bits per heavy atom. The van der Waals surface area contributed by atoms with Gasteiger partial charge in [0.1, 0.15) is 18.2 Å². The molecule has 0 fully saturated rings. The van der Waals surface area contributed by atoms with Crippen molar-refractivity contribution in [1.29, 1.82) is 0 Å². The highest BCUT2D eigenvalue weighted by atomic mass is 28.3. The number of aromatic nitrogens is 5. The van der Waals surface area contributed by atoms with E-state index in [0.29, 0.717) is 12.5 Å². The van der Waals surface area contributed by atoms with E-state index in [1.807, 2.05) is 36.8 Å². The third kappa shape index (κ3) is 4.23. The Morgan fingerprint density at radius 2 is 1.93 bits per heavy atom. The zero-order chi connectivity index (χ0) is 20.4. The fourth-order valence-electron chi connectivity index (χ4n) is 3.31. The monoisotopic (exact) mass is 406 g/mol. The summed E-state index contributed by atoms with van der Waals surface area (Å²) >= 11 is 0. The molecule has 0 bridgehead atoms. The van der Waals surface area contributed by atoms with Crippen molar-refractivity contribution in [3.8, 4) is 22.4 Å². The van der Waals surface area contributed by atoms with Crippen LogP contribution in [0.5, 0.6) is 0 Å². The highest BCUT2D eigenvalue weighted by molar-refractivity contribution is 6.76. The van der Waals surface area contributed by atoms with Gasteiger partial charge >= 0.3 is 0 Å². The summed E-state index contributed by atoms with van der Waals surface area (Å²) in [5.41, 5.74) is 10.9. The zero-order valence-electron chi connectivity index (χ0n) is 17.0. The van der Waals surface area contributed by atoms with Crippen molar-refractivity contribution < 1.29 is 4.74 Å². The molecule has 0 unspecified atom stereocenters. The summed E-state index contributed by atoms with van der Waals surface area (Å²) < 4.78 is 8.17. The fourth-order valence-corrected chi connectivity index (χ4v) is 4.07. The second kappa shape index (κ2) is 7.80. The molecule has 8 heteroatoms. The summed E-state index contributed by atoms with van der Waals surface area (Å²) in [6, 6.07) is 9.12. The molecule has 4 aromatic rings. The number of aromatic amines is 1. The lowest BCUT2D eigenvalue weighted by Gasteiger charge is -2.16. The van der Waals surface area contributed by atoms with Gasteiger partial charge in [-0.15, -0.1) is 0 Å². The van der Waals surface area contributed by atoms with Crippen LogP contribution in [0.15, 0.2) is 49.1 Å². The number of nitrogens with two attached hydrogens (primary N) is 1. The van der Waals surface area contributed by atoms with Crippen LogP contribution >= 0.6 is 0 Å². The van der Waals surface area contributed by atoms with E-state index in [4.69, 9.17) is 10.5 Å². The van der Waals surface area contributed by atoms with E-state index >= 15 is 0 Å². The molecule has 3 N–H and O–H groups in total. The van der Waals surface area contributed by atoms with Crippen molar-refractivity contribution in [2.75, 3.05) is 12.3 Å². The first kappa shape index (κ1) is 19.3. The summed E-state index contributed by atoms with van der Waals surface area (Å²) in [5, 5.41) is 8.05. The Labute approximate surface area is 171 Å². The summed E-state index contributed by atoms with van der Waals surface area (Å²) in [4.78, 5) is 8.77. The van der Waals surface area contributed by atoms with Crippen molar-refractivity contribution in [2.24, 2.45) is 0 Å². The number of hydrogen-bond acceptors (Lipinski definition) is 5. The molecule has 150 valence electrons. The predicted molar refractivity (Wildman–Crippen MR) is 119 cm³/mol. The normalized spacial score (nSPS) is 12.0. The topological polar surface area (TPSA) is 94.6 Å². The van der Waals surface area contributed by atoms with Crippen molar-refractivity contribution in [3.05, 3.63) is 49.1 Å². The number of pyridine rings is 2. The average molecular weight is 407 g/mol. The van der Waals surface area contributed by atoms with Crippen LogP contribution in [-0.4, -0.2) is 39.4 Å². The molecule has 4 aromatic heterocycles. The third-order valence-corrected chi connectivity index (χ3v) is 6.60. The molecule has 0 aliphatic heterocycles. The Bertz CT molecular complexity index is 1110. The van der Waals surface area contributed by atoms with Crippen molar-refractivity contribution in [3.63, 3.8) is 0 Å². The van der Waals surface area contributed by atoms with Gasteiger partial charge in [0.15, 0.2) is 0 Å². The van der Waals surface area contributed by atoms with Crippen LogP contribution in [0.3, 0.4) is 0 Å². The maximum Gasteiger partial charge on any atom is 0.142 e. The minimum atomic E-state index is -1.14. The lowest BCUT2D eigenvalue weighted by molar-refractivity contribution is 0.0909. The summed E-state index contributed by atoms with van der Waals surface area (Å²) in [6.45, 7) is 8.26. The quantitative estimate of drug-likeness (QED) is 0.351. The number of nitrogen functional groups attached to an aromatic ring is 1. The Hall–Kier alpha value is -2.97. The first-order valence-corrected chi connectivity index (χ1v) is 13.4. The maximum atomic E-state index is 6.06. The molecule has 0 atom stereocenters. The van der Waals surface area contributed by atoms with Crippen LogP contribution in [0.2, 0.25) is 25.7 Å². The van der Waals surface area contributed by atoms with Gasteiger partial charge in [-0.2, -0.15) is 5.10 Å². The summed E-state index contributed by atoms with van der Waals surface area (Å²) in [5.74, 6) is 0.497. The highest BCUT2D eigenvalue weighted by Crippen LogP contribution is 2.34. The second-order valence-electron chi connectivity index (χ2n) is 8.36. The molecule has 0 radical (unpaired) electrons. The van der Waals surface area contributed by atoms with Gasteiger partial charge in [-0.25, -0.2) is 9.97 Å². The van der Waals surface area contributed by atoms with Crippen molar-refractivity contribution in [2.45, 2.75) is 32.4 Å². The Balaban J connectivity index is 1.76. The lowest BCUT2D eigenvalue weighted by Crippen LogP contribution is -2.22. The number of nitrogens with one attached hydrogen (secondary N) is 1. The van der Waals surface area contributed by atoms with E-state index in [9.17, 15) is 0 Å². The van der Waals surface area contributed by atoms with Crippen molar-refractivity contribution in [1.82, 2.24) is 24.7 Å². The van der Waals surface area contributed by atoms with E-state index in [1.165, 1.54) is 0 Å². The molecular formula is C21H26N6OSi. The van der Waals surface area contributed by atoms with Crippen LogP contribution in [-0.2, 0) is 11.5 Å². The molecule has 4 rings (SSSR count). The largest absolute Gasteiger partial charge is 0.384 e. The van der Waals surface area contributed by atoms with Gasteiger partial charge in [0, 0.05) is 44.2 Å². The van der Waals surface area contributed by atoms with Gasteiger partial charge in [-0.3, -0.25) is 5.10 Å². The lowest BCUT2D eigenvalue weighted by atomic mass is 10.0. The number of fused-ring (bicyclic) bond motifs is 1. The number of hydrogen-bond donors (Lipinski definition) is 2. The minimum Gasteiger partial charge on any atom is -0.384 e. The van der Waals surface area contributed by atoms with Gasteiger partial charge in [-0.1, -0.05) is 19.6 Å². The molecule has 0 aromatic carbocycles. The first-order chi connectivity index (χ1) is 13.9. The molecule has 29 heavy (non-hydrogen) atoms. The molecule has 0 saturated heterocycles. The van der Waals surface area contributed by atoms with Gasteiger partial charge in [0.05, 0.1) is 11.9 Å². The molecule has 0 spiro atoms.